The molecule has 1 heterocycles. The van der Waals surface area contributed by atoms with Crippen LogP contribution in [0.25, 0.3) is 0 Å². The summed E-state index contributed by atoms with van der Waals surface area (Å²) in [6.45, 7) is 5.15. The van der Waals surface area contributed by atoms with Crippen molar-refractivity contribution < 1.29 is 23.7 Å². The summed E-state index contributed by atoms with van der Waals surface area (Å²) in [5.74, 6) is 2.99. The largest absolute Gasteiger partial charge is 0.493 e. The lowest BCUT2D eigenvalue weighted by Crippen LogP contribution is -2.43. The van der Waals surface area contributed by atoms with Gasteiger partial charge in [-0.1, -0.05) is 12.1 Å². The summed E-state index contributed by atoms with van der Waals surface area (Å²) in [6.07, 6.45) is 2.76. The van der Waals surface area contributed by atoms with Crippen LogP contribution in [0.3, 0.4) is 0 Å². The van der Waals surface area contributed by atoms with Gasteiger partial charge in [-0.25, -0.2) is 0 Å². The molecule has 1 saturated heterocycles. The van der Waals surface area contributed by atoms with Gasteiger partial charge in [-0.3, -0.25) is 0 Å². The van der Waals surface area contributed by atoms with E-state index in [2.05, 4.69) is 38.1 Å². The van der Waals surface area contributed by atoms with E-state index in [1.165, 1.54) is 11.1 Å². The molecule has 0 atom stereocenters. The van der Waals surface area contributed by atoms with Crippen molar-refractivity contribution >= 4 is 0 Å². The summed E-state index contributed by atoms with van der Waals surface area (Å²) >= 11 is 0. The molecule has 0 aromatic heterocycles. The number of rotatable bonds is 8. The molecule has 0 aliphatic carbocycles. The zero-order valence-corrected chi connectivity index (χ0v) is 18.3. The van der Waals surface area contributed by atoms with Crippen LogP contribution in [0, 0.1) is 5.41 Å². The van der Waals surface area contributed by atoms with E-state index in [0.29, 0.717) is 0 Å². The quantitative estimate of drug-likeness (QED) is 0.643. The van der Waals surface area contributed by atoms with E-state index >= 15 is 0 Å². The Balaban J connectivity index is 1.96. The van der Waals surface area contributed by atoms with Crippen LogP contribution in [0.1, 0.15) is 31.4 Å². The smallest absolute Gasteiger partial charge is 0.160 e. The zero-order valence-electron chi connectivity index (χ0n) is 18.3. The molecule has 0 amide bonds. The lowest BCUT2D eigenvalue weighted by atomic mass is 9.66. The lowest BCUT2D eigenvalue weighted by Gasteiger charge is -2.41. The van der Waals surface area contributed by atoms with Crippen LogP contribution < -0.4 is 18.9 Å². The van der Waals surface area contributed by atoms with Crippen molar-refractivity contribution in [3.8, 4) is 23.0 Å². The van der Waals surface area contributed by atoms with E-state index in [9.17, 15) is 0 Å². The van der Waals surface area contributed by atoms with Gasteiger partial charge in [0.05, 0.1) is 34.0 Å². The molecule has 1 aliphatic rings. The first-order valence-electron chi connectivity index (χ1n) is 9.94. The fraction of sp³-hybridized carbons (Fsp3) is 0.500. The van der Waals surface area contributed by atoms with Gasteiger partial charge in [0.15, 0.2) is 23.0 Å². The minimum Gasteiger partial charge on any atom is -0.493 e. The van der Waals surface area contributed by atoms with E-state index in [0.717, 1.165) is 48.9 Å². The minimum absolute atomic E-state index is 0.0494. The van der Waals surface area contributed by atoms with Crippen molar-refractivity contribution in [1.29, 1.82) is 0 Å². The van der Waals surface area contributed by atoms with E-state index in [1.807, 2.05) is 12.1 Å². The van der Waals surface area contributed by atoms with E-state index in [4.69, 9.17) is 23.7 Å². The van der Waals surface area contributed by atoms with Crippen LogP contribution >= 0.6 is 0 Å². The fourth-order valence-corrected chi connectivity index (χ4v) is 4.38. The maximum absolute atomic E-state index is 6.19. The van der Waals surface area contributed by atoms with Crippen molar-refractivity contribution in [1.82, 2.24) is 0 Å². The average molecular weight is 401 g/mol. The van der Waals surface area contributed by atoms with E-state index < -0.39 is 0 Å². The summed E-state index contributed by atoms with van der Waals surface area (Å²) in [6, 6.07) is 12.3. The second-order valence-corrected chi connectivity index (χ2v) is 8.12. The van der Waals surface area contributed by atoms with Gasteiger partial charge in [-0.15, -0.1) is 0 Å². The highest BCUT2D eigenvalue weighted by molar-refractivity contribution is 5.45. The van der Waals surface area contributed by atoms with Crippen LogP contribution in [0.4, 0.5) is 0 Å². The van der Waals surface area contributed by atoms with Gasteiger partial charge < -0.3 is 23.7 Å². The van der Waals surface area contributed by atoms with Gasteiger partial charge in [0.25, 0.3) is 0 Å². The van der Waals surface area contributed by atoms with Crippen molar-refractivity contribution in [2.24, 2.45) is 5.41 Å². The molecule has 3 rings (SSSR count). The van der Waals surface area contributed by atoms with Gasteiger partial charge in [-0.2, -0.15) is 0 Å². The summed E-state index contributed by atoms with van der Waals surface area (Å²) in [5.41, 5.74) is 2.11. The van der Waals surface area contributed by atoms with Crippen molar-refractivity contribution in [2.75, 3.05) is 35.0 Å². The molecule has 0 spiro atoms. The number of hydrogen-bond donors (Lipinski definition) is 0. The molecule has 2 aromatic rings. The molecule has 1 aliphatic heterocycles. The molecule has 5 heteroatoms. The van der Waals surface area contributed by atoms with Gasteiger partial charge in [-0.05, 0) is 68.5 Å². The Kier molecular flexibility index (Phi) is 6.27. The highest BCUT2D eigenvalue weighted by Gasteiger charge is 2.50. The molecule has 0 bridgehead atoms. The molecular formula is C24H32O5. The van der Waals surface area contributed by atoms with Crippen LogP contribution in [-0.2, 0) is 17.6 Å². The lowest BCUT2D eigenvalue weighted by molar-refractivity contribution is -0.0333. The van der Waals surface area contributed by atoms with Crippen molar-refractivity contribution in [3.05, 3.63) is 47.5 Å². The number of methoxy groups -OCH3 is 4. The molecule has 2 aromatic carbocycles. The van der Waals surface area contributed by atoms with Gasteiger partial charge >= 0.3 is 0 Å². The van der Waals surface area contributed by atoms with Gasteiger partial charge in [0.2, 0.25) is 0 Å². The maximum Gasteiger partial charge on any atom is 0.160 e. The topological polar surface area (TPSA) is 46.2 Å². The third-order valence-electron chi connectivity index (χ3n) is 6.30. The highest BCUT2D eigenvalue weighted by atomic mass is 16.5. The minimum atomic E-state index is -0.257. The second kappa shape index (κ2) is 8.54. The maximum atomic E-state index is 6.19. The van der Waals surface area contributed by atoms with Crippen LogP contribution in [0.2, 0.25) is 0 Å². The molecule has 5 nitrogen and oxygen atoms in total. The normalized spacial score (nSPS) is 17.0. The summed E-state index contributed by atoms with van der Waals surface area (Å²) in [4.78, 5) is 0. The fourth-order valence-electron chi connectivity index (χ4n) is 4.38. The summed E-state index contributed by atoms with van der Waals surface area (Å²) in [5, 5.41) is 0. The predicted octanol–water partition coefficient (Wildman–Crippen LogP) is 4.69. The van der Waals surface area contributed by atoms with E-state index in [-0.39, 0.29) is 11.0 Å². The molecule has 0 radical (unpaired) electrons. The number of ether oxygens (including phenoxy) is 5. The first-order valence-corrected chi connectivity index (χ1v) is 9.94. The summed E-state index contributed by atoms with van der Waals surface area (Å²) in [7, 11) is 6.65. The molecule has 0 saturated carbocycles. The molecule has 1 fully saturated rings. The Labute approximate surface area is 173 Å². The Morgan fingerprint density at radius 2 is 1.17 bits per heavy atom. The van der Waals surface area contributed by atoms with Crippen LogP contribution in [0.5, 0.6) is 23.0 Å². The van der Waals surface area contributed by atoms with Crippen molar-refractivity contribution in [3.63, 3.8) is 0 Å². The molecule has 29 heavy (non-hydrogen) atoms. The number of hydrogen-bond acceptors (Lipinski definition) is 5. The molecule has 0 N–H and O–H groups in total. The summed E-state index contributed by atoms with van der Waals surface area (Å²) < 4.78 is 28.0. The third-order valence-corrected chi connectivity index (χ3v) is 6.30. The third kappa shape index (κ3) is 4.15. The van der Waals surface area contributed by atoms with Crippen LogP contribution in [-0.4, -0.2) is 40.6 Å². The zero-order chi connectivity index (χ0) is 21.1. The Morgan fingerprint density at radius 3 is 1.52 bits per heavy atom. The Bertz CT molecular complexity index is 786. The first kappa shape index (κ1) is 21.3. The molecule has 0 unspecified atom stereocenters. The standard InChI is InChI=1S/C24H32O5/c1-23(2)24(11-12-29-23,15-17-7-9-19(25-3)21(13-17)27-5)16-18-8-10-20(26-4)22(14-18)28-6/h7-10,13-14H,11-12,15-16H2,1-6H3. The van der Waals surface area contributed by atoms with E-state index in [1.54, 1.807) is 28.4 Å². The second-order valence-electron chi connectivity index (χ2n) is 8.12. The Morgan fingerprint density at radius 1 is 0.724 bits per heavy atom. The molecule has 158 valence electrons. The van der Waals surface area contributed by atoms with Gasteiger partial charge in [0, 0.05) is 12.0 Å². The predicted molar refractivity (Wildman–Crippen MR) is 114 cm³/mol. The van der Waals surface area contributed by atoms with Crippen LogP contribution in [0.15, 0.2) is 36.4 Å². The van der Waals surface area contributed by atoms with Gasteiger partial charge in [0.1, 0.15) is 0 Å². The monoisotopic (exact) mass is 400 g/mol. The molecular weight excluding hydrogens is 368 g/mol. The Hall–Kier alpha value is -2.40. The van der Waals surface area contributed by atoms with Crippen molar-refractivity contribution in [2.45, 2.75) is 38.7 Å². The average Bonchev–Trinajstić information content (AvgIpc) is 3.00. The number of benzene rings is 2. The first-order chi connectivity index (χ1) is 13.9. The SMILES string of the molecule is COc1ccc(CC2(Cc3ccc(OC)c(OC)c3)CCOC2(C)C)cc1OC. The highest BCUT2D eigenvalue weighted by Crippen LogP contribution is 2.49.